The zero-order valence-corrected chi connectivity index (χ0v) is 21.3. The highest BCUT2D eigenvalue weighted by Gasteiger charge is 2.16. The van der Waals surface area contributed by atoms with E-state index in [-0.39, 0.29) is 34.9 Å². The fourth-order valence-corrected chi connectivity index (χ4v) is 3.89. The number of carbonyl (C=O) groups excluding carboxylic acids is 1. The van der Waals surface area contributed by atoms with E-state index in [1.165, 1.54) is 37.3 Å². The fraction of sp³-hybridized carbons (Fsp3) is 0.333. The van der Waals surface area contributed by atoms with E-state index in [1.807, 2.05) is 6.92 Å². The molecule has 0 saturated heterocycles. The number of guanidine groups is 1. The zero-order valence-electron chi connectivity index (χ0n) is 20.5. The monoisotopic (exact) mass is 540 g/mol. The summed E-state index contributed by atoms with van der Waals surface area (Å²) in [5, 5.41) is 0. The minimum absolute atomic E-state index is 0.00886. The van der Waals surface area contributed by atoms with E-state index < -0.39 is 39.3 Å². The van der Waals surface area contributed by atoms with Gasteiger partial charge in [0.15, 0.2) is 23.3 Å². The highest BCUT2D eigenvalue weighted by molar-refractivity contribution is 7.89. The number of carbonyl (C=O) groups is 1. The van der Waals surface area contributed by atoms with Crippen molar-refractivity contribution in [3.05, 3.63) is 59.2 Å². The molecule has 0 aliphatic heterocycles. The molecule has 0 heterocycles. The van der Waals surface area contributed by atoms with E-state index >= 15 is 0 Å². The average molecular weight is 541 g/mol. The molecule has 5 N–H and O–H groups in total. The largest absolute Gasteiger partial charge is 0.451 e. The number of hydrogen-bond donors (Lipinski definition) is 3. The number of nitrogens with two attached hydrogens (primary N) is 2. The van der Waals surface area contributed by atoms with E-state index in [4.69, 9.17) is 25.7 Å². The van der Waals surface area contributed by atoms with Crippen LogP contribution >= 0.6 is 0 Å². The normalized spacial score (nSPS) is 11.8. The van der Waals surface area contributed by atoms with Gasteiger partial charge in [-0.05, 0) is 61.4 Å². The lowest BCUT2D eigenvalue weighted by atomic mass is 10.1. The molecule has 0 bridgehead atoms. The van der Waals surface area contributed by atoms with Crippen LogP contribution in [0.5, 0.6) is 11.5 Å². The molecule has 202 valence electrons. The van der Waals surface area contributed by atoms with Gasteiger partial charge in [0, 0.05) is 18.7 Å². The van der Waals surface area contributed by atoms with Crippen LogP contribution in [-0.2, 0) is 24.3 Å². The molecular weight excluding hydrogens is 510 g/mol. The molecule has 0 spiro atoms. The van der Waals surface area contributed by atoms with Gasteiger partial charge in [0.05, 0.1) is 24.7 Å². The van der Waals surface area contributed by atoms with Gasteiger partial charge in [0.1, 0.15) is 5.75 Å². The van der Waals surface area contributed by atoms with E-state index in [1.54, 1.807) is 0 Å². The molecule has 0 aliphatic carbocycles. The standard InChI is InChI=1S/C24H30F2N4O6S/c1-3-9-34-11-12-35-10-8-29-37(32,33)19-6-4-18(5-7-19)36-22-20(25)14-17(15-21(22)26)13-16(2)23(31)30-24(27)28/h4-7,13-15,29H,3,8-12H2,1-2H3,(H4,27,28,30,31)/b16-13+. The molecule has 2 aromatic rings. The highest BCUT2D eigenvalue weighted by atomic mass is 32.2. The minimum atomic E-state index is -3.82. The zero-order chi connectivity index (χ0) is 27.4. The van der Waals surface area contributed by atoms with Gasteiger partial charge >= 0.3 is 0 Å². The van der Waals surface area contributed by atoms with Crippen molar-refractivity contribution < 1.29 is 36.2 Å². The van der Waals surface area contributed by atoms with Crippen LogP contribution < -0.4 is 20.9 Å². The highest BCUT2D eigenvalue weighted by Crippen LogP contribution is 2.30. The van der Waals surface area contributed by atoms with Crippen molar-refractivity contribution in [3.8, 4) is 11.5 Å². The maximum Gasteiger partial charge on any atom is 0.275 e. The van der Waals surface area contributed by atoms with Crippen LogP contribution in [0, 0.1) is 11.6 Å². The molecule has 2 rings (SSSR count). The van der Waals surface area contributed by atoms with Gasteiger partial charge in [-0.15, -0.1) is 0 Å². The Labute approximate surface area is 214 Å². The number of nitrogens with zero attached hydrogens (tertiary/aromatic N) is 1. The number of ether oxygens (including phenoxy) is 3. The predicted octanol–water partition coefficient (Wildman–Crippen LogP) is 2.68. The summed E-state index contributed by atoms with van der Waals surface area (Å²) < 4.78 is 72.2. The van der Waals surface area contributed by atoms with E-state index in [2.05, 4.69) is 9.71 Å². The number of nitrogens with one attached hydrogen (secondary N) is 1. The summed E-state index contributed by atoms with van der Waals surface area (Å²) in [5.41, 5.74) is 10.4. The summed E-state index contributed by atoms with van der Waals surface area (Å²) in [6.07, 6.45) is 2.12. The molecule has 1 amide bonds. The third-order valence-electron chi connectivity index (χ3n) is 4.58. The SMILES string of the molecule is CCCOCCOCCNS(=O)(=O)c1ccc(Oc2c(F)cc(/C=C(\C)C(=O)N=C(N)N)cc2F)cc1. The summed E-state index contributed by atoms with van der Waals surface area (Å²) >= 11 is 0. The van der Waals surface area contributed by atoms with Crippen molar-refractivity contribution >= 4 is 28.0 Å². The summed E-state index contributed by atoms with van der Waals surface area (Å²) in [5.74, 6) is -3.95. The van der Waals surface area contributed by atoms with Crippen LogP contribution in [0.3, 0.4) is 0 Å². The van der Waals surface area contributed by atoms with Gasteiger partial charge in [0.2, 0.25) is 10.0 Å². The number of benzene rings is 2. The average Bonchev–Trinajstić information content (AvgIpc) is 2.83. The van der Waals surface area contributed by atoms with Gasteiger partial charge in [0.25, 0.3) is 5.91 Å². The molecule has 0 unspecified atom stereocenters. The summed E-state index contributed by atoms with van der Waals surface area (Å²) in [6, 6.07) is 6.93. The molecule has 0 atom stereocenters. The lowest BCUT2D eigenvalue weighted by Crippen LogP contribution is -2.27. The van der Waals surface area contributed by atoms with Crippen molar-refractivity contribution in [1.29, 1.82) is 0 Å². The first-order chi connectivity index (χ1) is 17.5. The Morgan fingerprint density at radius 3 is 2.19 bits per heavy atom. The maximum absolute atomic E-state index is 14.5. The molecule has 0 aromatic heterocycles. The number of aliphatic imine (C=N–C) groups is 1. The maximum atomic E-state index is 14.5. The van der Waals surface area contributed by atoms with Crippen LogP contribution in [0.4, 0.5) is 8.78 Å². The van der Waals surface area contributed by atoms with Crippen molar-refractivity contribution in [2.45, 2.75) is 25.2 Å². The van der Waals surface area contributed by atoms with Crippen LogP contribution in [0.15, 0.2) is 51.9 Å². The second-order valence-electron chi connectivity index (χ2n) is 7.68. The first kappa shape index (κ1) is 29.8. The molecule has 37 heavy (non-hydrogen) atoms. The van der Waals surface area contributed by atoms with Crippen molar-refractivity contribution in [2.24, 2.45) is 16.5 Å². The third kappa shape index (κ3) is 9.88. The fourth-order valence-electron chi connectivity index (χ4n) is 2.88. The number of rotatable bonds is 14. The number of hydrogen-bond acceptors (Lipinski definition) is 6. The molecule has 2 aromatic carbocycles. The molecule has 0 radical (unpaired) electrons. The predicted molar refractivity (Wildman–Crippen MR) is 134 cm³/mol. The van der Waals surface area contributed by atoms with Crippen LogP contribution in [0.25, 0.3) is 6.08 Å². The van der Waals surface area contributed by atoms with Crippen molar-refractivity contribution in [1.82, 2.24) is 4.72 Å². The van der Waals surface area contributed by atoms with Gasteiger partial charge in [-0.2, -0.15) is 4.99 Å². The number of halogens is 2. The van der Waals surface area contributed by atoms with Crippen molar-refractivity contribution in [2.75, 3.05) is 33.0 Å². The third-order valence-corrected chi connectivity index (χ3v) is 6.06. The lowest BCUT2D eigenvalue weighted by molar-refractivity contribution is -0.114. The second kappa shape index (κ2) is 14.4. The van der Waals surface area contributed by atoms with Crippen molar-refractivity contribution in [3.63, 3.8) is 0 Å². The summed E-state index contributed by atoms with van der Waals surface area (Å²) in [6.45, 7) is 5.03. The van der Waals surface area contributed by atoms with Crippen LogP contribution in [0.1, 0.15) is 25.8 Å². The Morgan fingerprint density at radius 2 is 1.62 bits per heavy atom. The van der Waals surface area contributed by atoms with Crippen LogP contribution in [-0.4, -0.2) is 53.3 Å². The first-order valence-electron chi connectivity index (χ1n) is 11.3. The second-order valence-corrected chi connectivity index (χ2v) is 9.45. The minimum Gasteiger partial charge on any atom is -0.451 e. The van der Waals surface area contributed by atoms with E-state index in [0.29, 0.717) is 19.8 Å². The topological polar surface area (TPSA) is 155 Å². The van der Waals surface area contributed by atoms with Gasteiger partial charge in [-0.25, -0.2) is 21.9 Å². The lowest BCUT2D eigenvalue weighted by Gasteiger charge is -2.11. The molecule has 0 fully saturated rings. The number of amides is 1. The Morgan fingerprint density at radius 1 is 1.03 bits per heavy atom. The Balaban J connectivity index is 2.00. The Hall–Kier alpha value is -3.39. The Bertz CT molecular complexity index is 1210. The van der Waals surface area contributed by atoms with E-state index in [9.17, 15) is 22.0 Å². The Kier molecular flexibility index (Phi) is 11.6. The summed E-state index contributed by atoms with van der Waals surface area (Å²) in [4.78, 5) is 15.1. The number of sulfonamides is 1. The van der Waals surface area contributed by atoms with Gasteiger partial charge in [-0.1, -0.05) is 6.92 Å². The quantitative estimate of drug-likeness (QED) is 0.143. The van der Waals surface area contributed by atoms with Crippen LogP contribution in [0.2, 0.25) is 0 Å². The molecule has 10 nitrogen and oxygen atoms in total. The van der Waals surface area contributed by atoms with Gasteiger partial charge in [-0.3, -0.25) is 4.79 Å². The molecule has 0 aliphatic rings. The van der Waals surface area contributed by atoms with Gasteiger partial charge < -0.3 is 25.7 Å². The molecule has 0 saturated carbocycles. The molecular formula is C24H30F2N4O6S. The summed E-state index contributed by atoms with van der Waals surface area (Å²) in [7, 11) is -3.82. The first-order valence-corrected chi connectivity index (χ1v) is 12.8. The van der Waals surface area contributed by atoms with E-state index in [0.717, 1.165) is 18.6 Å². The smallest absolute Gasteiger partial charge is 0.275 e. The molecule has 13 heteroatoms.